The first-order chi connectivity index (χ1) is 12.5. The minimum atomic E-state index is -0.479. The van der Waals surface area contributed by atoms with Gasteiger partial charge in [0, 0.05) is 29.7 Å². The van der Waals surface area contributed by atoms with Gasteiger partial charge >= 0.3 is 5.97 Å². The lowest BCUT2D eigenvalue weighted by molar-refractivity contribution is -0.105. The summed E-state index contributed by atoms with van der Waals surface area (Å²) in [5.74, 6) is -0.317. The predicted molar refractivity (Wildman–Crippen MR) is 97.3 cm³/mol. The van der Waals surface area contributed by atoms with E-state index in [0.29, 0.717) is 30.9 Å². The molecule has 0 saturated carbocycles. The maximum atomic E-state index is 12.2. The average molecular weight is 360 g/mol. The van der Waals surface area contributed by atoms with Crippen molar-refractivity contribution in [2.45, 2.75) is 25.8 Å². The van der Waals surface area contributed by atoms with Crippen molar-refractivity contribution in [3.63, 3.8) is 0 Å². The molecule has 0 unspecified atom stereocenters. The lowest BCUT2D eigenvalue weighted by Crippen LogP contribution is -2.53. The second-order valence-corrected chi connectivity index (χ2v) is 6.97. The highest BCUT2D eigenvalue weighted by Gasteiger charge is 2.29. The average Bonchev–Trinajstić information content (AvgIpc) is 3.03. The Morgan fingerprint density at radius 3 is 3.00 bits per heavy atom. The number of rotatable bonds is 7. The minimum absolute atomic E-state index is 0.00819. The summed E-state index contributed by atoms with van der Waals surface area (Å²) >= 11 is 0. The number of hydrogen-bond donors (Lipinski definition) is 1. The summed E-state index contributed by atoms with van der Waals surface area (Å²) in [6, 6.07) is 6.78. The van der Waals surface area contributed by atoms with E-state index in [1.807, 2.05) is 0 Å². The van der Waals surface area contributed by atoms with Crippen LogP contribution in [0.5, 0.6) is 0 Å². The zero-order valence-corrected chi connectivity index (χ0v) is 15.1. The van der Waals surface area contributed by atoms with Crippen LogP contribution < -0.4 is 5.32 Å². The summed E-state index contributed by atoms with van der Waals surface area (Å²) in [5.41, 5.74) is 1.22. The number of fused-ring (bicyclic) bond motifs is 1. The maximum absolute atomic E-state index is 12.2. The molecule has 0 spiro atoms. The molecule has 1 amide bonds. The van der Waals surface area contributed by atoms with Crippen molar-refractivity contribution in [3.8, 4) is 0 Å². The number of furan rings is 1. The van der Waals surface area contributed by atoms with Crippen molar-refractivity contribution in [2.24, 2.45) is 0 Å². The van der Waals surface area contributed by atoms with E-state index in [9.17, 15) is 9.59 Å². The van der Waals surface area contributed by atoms with E-state index < -0.39 is 5.97 Å². The number of nitrogens with zero attached hydrogens (tertiary/aromatic N) is 1. The Morgan fingerprint density at radius 2 is 2.23 bits per heavy atom. The van der Waals surface area contributed by atoms with Crippen molar-refractivity contribution in [1.29, 1.82) is 0 Å². The molecule has 2 heterocycles. The van der Waals surface area contributed by atoms with Crippen molar-refractivity contribution >= 4 is 29.0 Å². The lowest BCUT2D eigenvalue weighted by Gasteiger charge is -2.42. The first-order valence-corrected chi connectivity index (χ1v) is 8.73. The van der Waals surface area contributed by atoms with Crippen LogP contribution in [-0.4, -0.2) is 55.7 Å². The summed E-state index contributed by atoms with van der Waals surface area (Å²) in [6.45, 7) is 7.84. The number of hydrogen-bond acceptors (Lipinski definition) is 6. The smallest absolute Gasteiger partial charge is 0.374 e. The maximum Gasteiger partial charge on any atom is 0.374 e. The second-order valence-electron chi connectivity index (χ2n) is 6.97. The number of benzene rings is 1. The molecule has 2 aromatic rings. The van der Waals surface area contributed by atoms with Crippen molar-refractivity contribution in [1.82, 2.24) is 4.90 Å². The molecule has 1 aliphatic heterocycles. The molecule has 1 fully saturated rings. The SMILES string of the molecule is CC1(C)COCCN1CCCOC(=O)c1cc2cc(NC=O)ccc2o1. The molecule has 140 valence electrons. The van der Waals surface area contributed by atoms with Crippen LogP contribution in [0.15, 0.2) is 28.7 Å². The highest BCUT2D eigenvalue weighted by atomic mass is 16.5. The molecule has 0 bridgehead atoms. The predicted octanol–water partition coefficient (Wildman–Crippen LogP) is 2.66. The third kappa shape index (κ3) is 4.23. The number of carbonyl (C=O) groups excluding carboxylic acids is 2. The van der Waals surface area contributed by atoms with Gasteiger partial charge in [-0.25, -0.2) is 4.79 Å². The monoisotopic (exact) mass is 360 g/mol. The van der Waals surface area contributed by atoms with E-state index in [2.05, 4.69) is 24.1 Å². The fourth-order valence-corrected chi connectivity index (χ4v) is 3.10. The highest BCUT2D eigenvalue weighted by Crippen LogP contribution is 2.23. The number of amides is 1. The molecule has 26 heavy (non-hydrogen) atoms. The molecule has 0 aliphatic carbocycles. The molecule has 7 nitrogen and oxygen atoms in total. The van der Waals surface area contributed by atoms with E-state index in [4.69, 9.17) is 13.9 Å². The first kappa shape index (κ1) is 18.4. The number of nitrogens with one attached hydrogen (secondary N) is 1. The largest absolute Gasteiger partial charge is 0.460 e. The van der Waals surface area contributed by atoms with Crippen molar-refractivity contribution in [2.75, 3.05) is 38.2 Å². The third-order valence-electron chi connectivity index (χ3n) is 4.57. The quantitative estimate of drug-likeness (QED) is 0.464. The van der Waals surface area contributed by atoms with Crippen LogP contribution in [0.4, 0.5) is 5.69 Å². The fraction of sp³-hybridized carbons (Fsp3) is 0.474. The van der Waals surface area contributed by atoms with Gasteiger partial charge in [-0.3, -0.25) is 9.69 Å². The van der Waals surface area contributed by atoms with E-state index in [0.717, 1.165) is 31.5 Å². The van der Waals surface area contributed by atoms with Crippen LogP contribution in [0.25, 0.3) is 11.0 Å². The Hall–Kier alpha value is -2.38. The zero-order valence-electron chi connectivity index (χ0n) is 15.1. The summed E-state index contributed by atoms with van der Waals surface area (Å²) in [4.78, 5) is 25.0. The Balaban J connectivity index is 1.51. The molecule has 0 radical (unpaired) electrons. The standard InChI is InChI=1S/C19H24N2O5/c1-19(2)12-24-9-7-21(19)6-3-8-25-18(23)17-11-14-10-15(20-13-22)4-5-16(14)26-17/h4-5,10-11,13H,3,6-9,12H2,1-2H3,(H,20,22). The summed E-state index contributed by atoms with van der Waals surface area (Å²) in [6.07, 6.45) is 1.36. The fourth-order valence-electron chi connectivity index (χ4n) is 3.10. The highest BCUT2D eigenvalue weighted by molar-refractivity contribution is 5.94. The summed E-state index contributed by atoms with van der Waals surface area (Å²) < 4.78 is 16.4. The number of ether oxygens (including phenoxy) is 2. The van der Waals surface area contributed by atoms with Gasteiger partial charge in [0.05, 0.1) is 19.8 Å². The van der Waals surface area contributed by atoms with E-state index in [-0.39, 0.29) is 11.3 Å². The number of carbonyl (C=O) groups is 2. The number of anilines is 1. The van der Waals surface area contributed by atoms with Crippen LogP contribution in [0, 0.1) is 0 Å². The lowest BCUT2D eigenvalue weighted by atomic mass is 10.0. The van der Waals surface area contributed by atoms with Crippen LogP contribution >= 0.6 is 0 Å². The van der Waals surface area contributed by atoms with Crippen molar-refractivity contribution < 1.29 is 23.5 Å². The van der Waals surface area contributed by atoms with Crippen molar-refractivity contribution in [3.05, 3.63) is 30.0 Å². The molecule has 1 saturated heterocycles. The normalized spacial score (nSPS) is 17.2. The van der Waals surface area contributed by atoms with E-state index in [1.54, 1.807) is 24.3 Å². The molecule has 7 heteroatoms. The molecule has 1 N–H and O–H groups in total. The Labute approximate surface area is 152 Å². The number of morpholine rings is 1. The molecule has 1 aliphatic rings. The van der Waals surface area contributed by atoms with Gasteiger partial charge in [0.15, 0.2) is 0 Å². The second kappa shape index (κ2) is 7.88. The number of esters is 1. The molecule has 1 aromatic heterocycles. The van der Waals surface area contributed by atoms with Crippen LogP contribution in [0.1, 0.15) is 30.8 Å². The van der Waals surface area contributed by atoms with E-state index >= 15 is 0 Å². The van der Waals surface area contributed by atoms with Crippen LogP contribution in [-0.2, 0) is 14.3 Å². The van der Waals surface area contributed by atoms with Gasteiger partial charge < -0.3 is 19.2 Å². The van der Waals surface area contributed by atoms with Gasteiger partial charge in [0.1, 0.15) is 5.58 Å². The molecular weight excluding hydrogens is 336 g/mol. The third-order valence-corrected chi connectivity index (χ3v) is 4.57. The molecular formula is C19H24N2O5. The molecule has 3 rings (SSSR count). The minimum Gasteiger partial charge on any atom is -0.460 e. The zero-order chi connectivity index (χ0) is 18.6. The van der Waals surface area contributed by atoms with Gasteiger partial charge in [0.25, 0.3) is 0 Å². The van der Waals surface area contributed by atoms with E-state index in [1.165, 1.54) is 0 Å². The van der Waals surface area contributed by atoms with Crippen LogP contribution in [0.3, 0.4) is 0 Å². The molecule has 1 aromatic carbocycles. The van der Waals surface area contributed by atoms with Gasteiger partial charge in [-0.2, -0.15) is 0 Å². The Bertz CT molecular complexity index is 783. The van der Waals surface area contributed by atoms with Crippen LogP contribution in [0.2, 0.25) is 0 Å². The summed E-state index contributed by atoms with van der Waals surface area (Å²) in [7, 11) is 0. The Kier molecular flexibility index (Phi) is 5.58. The van der Waals surface area contributed by atoms with Gasteiger partial charge in [-0.15, -0.1) is 0 Å². The van der Waals surface area contributed by atoms with Gasteiger partial charge in [-0.1, -0.05) is 0 Å². The topological polar surface area (TPSA) is 81.0 Å². The first-order valence-electron chi connectivity index (χ1n) is 8.73. The van der Waals surface area contributed by atoms with Gasteiger partial charge in [-0.05, 0) is 44.5 Å². The Morgan fingerprint density at radius 1 is 1.38 bits per heavy atom. The van der Waals surface area contributed by atoms with Gasteiger partial charge in [0.2, 0.25) is 12.2 Å². The molecule has 0 atom stereocenters. The summed E-state index contributed by atoms with van der Waals surface area (Å²) in [5, 5.41) is 3.30.